The first-order chi connectivity index (χ1) is 12.7. The van der Waals surface area contributed by atoms with Crippen LogP contribution in [0, 0.1) is 5.92 Å². The van der Waals surface area contributed by atoms with Gasteiger partial charge in [0.25, 0.3) is 0 Å². The van der Waals surface area contributed by atoms with Crippen molar-refractivity contribution in [2.24, 2.45) is 5.92 Å². The van der Waals surface area contributed by atoms with E-state index in [2.05, 4.69) is 5.10 Å². The van der Waals surface area contributed by atoms with Gasteiger partial charge in [-0.1, -0.05) is 48.5 Å². The Morgan fingerprint density at radius 3 is 2.38 bits per heavy atom. The Balaban J connectivity index is 1.86. The number of aromatic nitrogens is 2. The third kappa shape index (κ3) is 4.11. The molecule has 3 rings (SSSR count). The van der Waals surface area contributed by atoms with Gasteiger partial charge < -0.3 is 9.47 Å². The number of para-hydroxylation sites is 1. The van der Waals surface area contributed by atoms with Crippen LogP contribution in [0.4, 0.5) is 0 Å². The number of esters is 1. The van der Waals surface area contributed by atoms with Gasteiger partial charge in [-0.3, -0.25) is 4.79 Å². The molecule has 0 aliphatic carbocycles. The van der Waals surface area contributed by atoms with Gasteiger partial charge in [-0.05, 0) is 26.0 Å². The van der Waals surface area contributed by atoms with Crippen LogP contribution in [-0.4, -0.2) is 29.0 Å². The summed E-state index contributed by atoms with van der Waals surface area (Å²) < 4.78 is 12.6. The number of hydrogen-bond acceptors (Lipinski definition) is 4. The molecule has 1 heterocycles. The molecule has 2 aromatic carbocycles. The number of rotatable bonds is 7. The van der Waals surface area contributed by atoms with Gasteiger partial charge in [0.2, 0.25) is 5.88 Å². The minimum Gasteiger partial charge on any atom is -0.476 e. The fraction of sp³-hybridized carbons (Fsp3) is 0.238. The molecule has 134 valence electrons. The van der Waals surface area contributed by atoms with E-state index in [9.17, 15) is 4.79 Å². The van der Waals surface area contributed by atoms with E-state index in [4.69, 9.17) is 9.47 Å². The number of ether oxygens (including phenoxy) is 2. The third-order valence-electron chi connectivity index (χ3n) is 3.93. The fourth-order valence-electron chi connectivity index (χ4n) is 2.57. The van der Waals surface area contributed by atoms with Crippen molar-refractivity contribution in [2.75, 3.05) is 13.2 Å². The molecule has 0 radical (unpaired) electrons. The van der Waals surface area contributed by atoms with Crippen LogP contribution in [0.25, 0.3) is 16.9 Å². The van der Waals surface area contributed by atoms with E-state index in [1.807, 2.05) is 71.4 Å². The van der Waals surface area contributed by atoms with E-state index in [1.54, 1.807) is 13.8 Å². The van der Waals surface area contributed by atoms with Crippen molar-refractivity contribution in [3.8, 4) is 22.8 Å². The Morgan fingerprint density at radius 1 is 1.08 bits per heavy atom. The summed E-state index contributed by atoms with van der Waals surface area (Å²) in [5.74, 6) is -0.140. The second-order valence-corrected chi connectivity index (χ2v) is 5.95. The first-order valence-corrected chi connectivity index (χ1v) is 8.69. The number of nitrogens with zero attached hydrogens (tertiary/aromatic N) is 2. The molecule has 5 nitrogen and oxygen atoms in total. The smallest absolute Gasteiger partial charge is 0.312 e. The monoisotopic (exact) mass is 350 g/mol. The Hall–Kier alpha value is -3.08. The molecule has 0 saturated carbocycles. The van der Waals surface area contributed by atoms with E-state index in [0.29, 0.717) is 12.5 Å². The van der Waals surface area contributed by atoms with Crippen molar-refractivity contribution in [1.29, 1.82) is 0 Å². The summed E-state index contributed by atoms with van der Waals surface area (Å²) in [5.41, 5.74) is 2.91. The fourth-order valence-corrected chi connectivity index (χ4v) is 2.57. The zero-order valence-electron chi connectivity index (χ0n) is 15.0. The predicted octanol–water partition coefficient (Wildman–Crippen LogP) is 4.12. The molecule has 0 N–H and O–H groups in total. The van der Waals surface area contributed by atoms with Crippen molar-refractivity contribution in [3.05, 3.63) is 66.7 Å². The lowest BCUT2D eigenvalue weighted by molar-refractivity contribution is -0.148. The summed E-state index contributed by atoms with van der Waals surface area (Å²) in [6.45, 7) is 4.16. The molecular weight excluding hydrogens is 328 g/mol. The summed E-state index contributed by atoms with van der Waals surface area (Å²) in [5, 5.41) is 4.58. The first-order valence-electron chi connectivity index (χ1n) is 8.69. The molecule has 1 unspecified atom stereocenters. The molecule has 0 aliphatic heterocycles. The van der Waals surface area contributed by atoms with E-state index < -0.39 is 0 Å². The summed E-state index contributed by atoms with van der Waals surface area (Å²) in [7, 11) is 0. The maximum atomic E-state index is 11.8. The van der Waals surface area contributed by atoms with Crippen LogP contribution in [0.15, 0.2) is 66.7 Å². The molecule has 26 heavy (non-hydrogen) atoms. The molecule has 0 saturated heterocycles. The maximum absolute atomic E-state index is 11.8. The quantitative estimate of drug-likeness (QED) is 0.602. The summed E-state index contributed by atoms with van der Waals surface area (Å²) in [6, 6.07) is 21.8. The van der Waals surface area contributed by atoms with Crippen LogP contribution in [0.3, 0.4) is 0 Å². The molecule has 1 atom stereocenters. The molecular formula is C21H22N2O3. The Bertz CT molecular complexity index is 787. The number of hydrogen-bond donors (Lipinski definition) is 0. The van der Waals surface area contributed by atoms with Gasteiger partial charge in [-0.15, -0.1) is 5.10 Å². The first kappa shape index (κ1) is 17.7. The van der Waals surface area contributed by atoms with Crippen LogP contribution in [0.5, 0.6) is 5.88 Å². The van der Waals surface area contributed by atoms with Crippen molar-refractivity contribution in [2.45, 2.75) is 13.8 Å². The highest BCUT2D eigenvalue weighted by Gasteiger charge is 2.17. The third-order valence-corrected chi connectivity index (χ3v) is 3.93. The van der Waals surface area contributed by atoms with Crippen LogP contribution in [0.1, 0.15) is 13.8 Å². The van der Waals surface area contributed by atoms with Crippen LogP contribution >= 0.6 is 0 Å². The average Bonchev–Trinajstić information content (AvgIpc) is 3.12. The van der Waals surface area contributed by atoms with Gasteiger partial charge in [0.05, 0.1) is 23.9 Å². The molecule has 1 aromatic heterocycles. The van der Waals surface area contributed by atoms with Crippen LogP contribution < -0.4 is 4.74 Å². The lowest BCUT2D eigenvalue weighted by Gasteiger charge is -2.10. The molecule has 0 amide bonds. The normalized spacial score (nSPS) is 11.8. The number of benzene rings is 2. The summed E-state index contributed by atoms with van der Waals surface area (Å²) in [4.78, 5) is 11.8. The Kier molecular flexibility index (Phi) is 5.69. The highest BCUT2D eigenvalue weighted by molar-refractivity contribution is 5.72. The molecule has 3 aromatic rings. The SMILES string of the molecule is CCOC(=O)C(C)COc1cc(-c2ccccc2)n(-c2ccccc2)n1. The maximum Gasteiger partial charge on any atom is 0.312 e. The van der Waals surface area contributed by atoms with Gasteiger partial charge >= 0.3 is 5.97 Å². The van der Waals surface area contributed by atoms with Gasteiger partial charge in [0.1, 0.15) is 6.61 Å². The second-order valence-electron chi connectivity index (χ2n) is 5.95. The number of carbonyl (C=O) groups excluding carboxylic acids is 1. The van der Waals surface area contributed by atoms with Crippen molar-refractivity contribution in [3.63, 3.8) is 0 Å². The highest BCUT2D eigenvalue weighted by atomic mass is 16.5. The van der Waals surface area contributed by atoms with Crippen molar-refractivity contribution in [1.82, 2.24) is 9.78 Å². The molecule has 0 fully saturated rings. The van der Waals surface area contributed by atoms with Gasteiger partial charge in [-0.25, -0.2) is 4.68 Å². The summed E-state index contributed by atoms with van der Waals surface area (Å²) in [6.07, 6.45) is 0. The average molecular weight is 350 g/mol. The topological polar surface area (TPSA) is 53.4 Å². The van der Waals surface area contributed by atoms with Crippen LogP contribution in [-0.2, 0) is 9.53 Å². The standard InChI is InChI=1S/C21H22N2O3/c1-3-25-21(24)16(2)15-26-20-14-19(17-10-6-4-7-11-17)23(22-20)18-12-8-5-9-13-18/h4-14,16H,3,15H2,1-2H3. The molecule has 0 spiro atoms. The molecule has 0 bridgehead atoms. The van der Waals surface area contributed by atoms with E-state index in [1.165, 1.54) is 0 Å². The lowest BCUT2D eigenvalue weighted by atomic mass is 10.1. The van der Waals surface area contributed by atoms with Gasteiger partial charge in [-0.2, -0.15) is 0 Å². The number of carbonyl (C=O) groups is 1. The minimum atomic E-state index is -0.350. The molecule has 5 heteroatoms. The van der Waals surface area contributed by atoms with Gasteiger partial charge in [0, 0.05) is 11.6 Å². The Labute approximate surface area is 153 Å². The highest BCUT2D eigenvalue weighted by Crippen LogP contribution is 2.27. The van der Waals surface area contributed by atoms with Crippen molar-refractivity contribution >= 4 is 5.97 Å². The molecule has 0 aliphatic rings. The van der Waals surface area contributed by atoms with Gasteiger partial charge in [0.15, 0.2) is 0 Å². The Morgan fingerprint density at radius 2 is 1.73 bits per heavy atom. The zero-order valence-corrected chi connectivity index (χ0v) is 15.0. The second kappa shape index (κ2) is 8.34. The van der Waals surface area contributed by atoms with E-state index in [-0.39, 0.29) is 18.5 Å². The zero-order chi connectivity index (χ0) is 18.4. The predicted molar refractivity (Wildman–Crippen MR) is 100 cm³/mol. The van der Waals surface area contributed by atoms with Crippen molar-refractivity contribution < 1.29 is 14.3 Å². The van der Waals surface area contributed by atoms with E-state index in [0.717, 1.165) is 16.9 Å². The summed E-state index contributed by atoms with van der Waals surface area (Å²) >= 11 is 0. The van der Waals surface area contributed by atoms with E-state index >= 15 is 0 Å². The minimum absolute atomic E-state index is 0.221. The largest absolute Gasteiger partial charge is 0.476 e. The van der Waals surface area contributed by atoms with Crippen LogP contribution in [0.2, 0.25) is 0 Å². The lowest BCUT2D eigenvalue weighted by Crippen LogP contribution is -2.21.